The van der Waals surface area contributed by atoms with E-state index in [4.69, 9.17) is 42.1 Å². The van der Waals surface area contributed by atoms with Crippen LogP contribution in [0.2, 0.25) is 0 Å². The number of aliphatic carboxylic acids is 3. The van der Waals surface area contributed by atoms with Crippen molar-refractivity contribution in [2.24, 2.45) is 0 Å². The van der Waals surface area contributed by atoms with E-state index < -0.39 is 54.3 Å². The molecule has 12 N–H and O–H groups in total. The van der Waals surface area contributed by atoms with Crippen LogP contribution in [0.15, 0.2) is 30.5 Å². The summed E-state index contributed by atoms with van der Waals surface area (Å²) in [7, 11) is 1.82. The van der Waals surface area contributed by atoms with Gasteiger partial charge in [-0.3, -0.25) is 9.59 Å². The third-order valence-electron chi connectivity index (χ3n) is 6.14. The zero-order valence-corrected chi connectivity index (χ0v) is 24.0. The standard InChI is InChI=1S/C20H22N8O5.C6H10O7/c1-28(9-11-8-23-17-15(24-11)16(21)26-20(22)27-17)12-4-2-10(3-5-12)18(31)25-13(19(32)33)6-7-14(29)30;7-1-2(8)3(9)4(10)5(11)6(12)13/h2-5,8,13H,6-7,9H2,1H3,(H,25,31)(H,29,30)(H,32,33)(H4,21,22,23,26,27);1-5,8-11H,(H,12,13)/t13-;2-,3+,4-,5-/m00/s1. The number of carboxylic acid groups (broad SMARTS) is 3. The lowest BCUT2D eigenvalue weighted by Gasteiger charge is -2.21. The number of hydrogen-bond donors (Lipinski definition) is 10. The zero-order chi connectivity index (χ0) is 34.7. The largest absolute Gasteiger partial charge is 0.481 e. The van der Waals surface area contributed by atoms with E-state index in [1.165, 1.54) is 12.1 Å². The second kappa shape index (κ2) is 16.5. The summed E-state index contributed by atoms with van der Waals surface area (Å²) in [4.78, 5) is 72.7. The molecule has 2 aromatic heterocycles. The van der Waals surface area contributed by atoms with Gasteiger partial charge in [0.1, 0.15) is 24.4 Å². The summed E-state index contributed by atoms with van der Waals surface area (Å²) in [5, 5.41) is 63.4. The lowest BCUT2D eigenvalue weighted by Crippen LogP contribution is -2.48. The molecule has 0 saturated heterocycles. The van der Waals surface area contributed by atoms with Crippen LogP contribution >= 0.6 is 0 Å². The number of carbonyl (C=O) groups is 5. The molecule has 0 aliphatic heterocycles. The molecule has 0 aliphatic carbocycles. The molecule has 46 heavy (non-hydrogen) atoms. The highest BCUT2D eigenvalue weighted by Gasteiger charge is 2.34. The van der Waals surface area contributed by atoms with Crippen LogP contribution in [0.1, 0.15) is 28.9 Å². The second-order valence-corrected chi connectivity index (χ2v) is 9.59. The first kappa shape index (κ1) is 36.6. The predicted octanol–water partition coefficient (Wildman–Crippen LogP) is -3.02. The number of aliphatic hydroxyl groups is 4. The van der Waals surface area contributed by atoms with Crippen LogP contribution in [0, 0.1) is 0 Å². The van der Waals surface area contributed by atoms with Gasteiger partial charge in [0.25, 0.3) is 5.91 Å². The van der Waals surface area contributed by atoms with E-state index in [2.05, 4.69) is 25.3 Å². The fraction of sp³-hybridized carbons (Fsp3) is 0.346. The number of aldehydes is 1. The van der Waals surface area contributed by atoms with Crippen molar-refractivity contribution in [1.82, 2.24) is 25.3 Å². The van der Waals surface area contributed by atoms with E-state index in [0.717, 1.165) is 5.69 Å². The van der Waals surface area contributed by atoms with Crippen molar-refractivity contribution in [1.29, 1.82) is 0 Å². The summed E-state index contributed by atoms with van der Waals surface area (Å²) in [5.74, 6) is -4.67. The molecule has 20 heteroatoms. The van der Waals surface area contributed by atoms with Gasteiger partial charge in [-0.25, -0.2) is 19.6 Å². The van der Waals surface area contributed by atoms with Crippen LogP contribution < -0.4 is 21.7 Å². The number of nitrogens with two attached hydrogens (primary N) is 2. The summed E-state index contributed by atoms with van der Waals surface area (Å²) in [6.07, 6.45) is -7.43. The van der Waals surface area contributed by atoms with Gasteiger partial charge >= 0.3 is 17.9 Å². The maximum atomic E-state index is 12.4. The Balaban J connectivity index is 0.000000479. The van der Waals surface area contributed by atoms with Crippen LogP contribution in [0.4, 0.5) is 17.5 Å². The van der Waals surface area contributed by atoms with Gasteiger partial charge < -0.3 is 62.2 Å². The molecule has 0 radical (unpaired) electrons. The molecule has 1 aromatic carbocycles. The van der Waals surface area contributed by atoms with Gasteiger partial charge in [0.15, 0.2) is 29.4 Å². The third kappa shape index (κ3) is 10.3. The lowest BCUT2D eigenvalue weighted by molar-refractivity contribution is -0.163. The number of nitrogens with zero attached hydrogens (tertiary/aromatic N) is 5. The molecule has 248 valence electrons. The van der Waals surface area contributed by atoms with Crippen molar-refractivity contribution < 1.29 is 59.7 Å². The van der Waals surface area contributed by atoms with Gasteiger partial charge in [0.2, 0.25) is 5.95 Å². The average molecular weight is 649 g/mol. The zero-order valence-electron chi connectivity index (χ0n) is 24.0. The summed E-state index contributed by atoms with van der Waals surface area (Å²) >= 11 is 0. The molecule has 0 saturated carbocycles. The van der Waals surface area contributed by atoms with E-state index in [1.807, 2.05) is 11.9 Å². The first-order chi connectivity index (χ1) is 21.5. The van der Waals surface area contributed by atoms with Crippen LogP contribution in [0.5, 0.6) is 0 Å². The van der Waals surface area contributed by atoms with E-state index in [-0.39, 0.29) is 36.5 Å². The summed E-state index contributed by atoms with van der Waals surface area (Å²) in [6.45, 7) is 0.370. The molecular formula is C26H32N8O12. The maximum Gasteiger partial charge on any atom is 0.335 e. The number of carbonyl (C=O) groups excluding carboxylic acids is 2. The smallest absolute Gasteiger partial charge is 0.335 e. The number of nitrogens with one attached hydrogen (secondary N) is 1. The summed E-state index contributed by atoms with van der Waals surface area (Å²) < 4.78 is 0. The number of amides is 1. The molecule has 0 bridgehead atoms. The van der Waals surface area contributed by atoms with E-state index in [0.29, 0.717) is 23.4 Å². The van der Waals surface area contributed by atoms with Crippen LogP contribution in [0.3, 0.4) is 0 Å². The number of benzene rings is 1. The van der Waals surface area contributed by atoms with Gasteiger partial charge in [-0.2, -0.15) is 9.97 Å². The van der Waals surface area contributed by atoms with Gasteiger partial charge in [-0.1, -0.05) is 0 Å². The minimum absolute atomic E-state index is 0.0138. The monoisotopic (exact) mass is 648 g/mol. The van der Waals surface area contributed by atoms with Crippen molar-refractivity contribution in [3.8, 4) is 0 Å². The summed E-state index contributed by atoms with van der Waals surface area (Å²) in [6, 6.07) is 5.16. The molecule has 3 aromatic rings. The van der Waals surface area contributed by atoms with Crippen molar-refractivity contribution in [3.05, 3.63) is 41.7 Å². The van der Waals surface area contributed by atoms with Crippen molar-refractivity contribution in [2.75, 3.05) is 23.4 Å². The molecule has 0 aliphatic rings. The Hall–Kier alpha value is -5.57. The first-order valence-corrected chi connectivity index (χ1v) is 13.1. The Morgan fingerprint density at radius 1 is 0.935 bits per heavy atom. The number of rotatable bonds is 14. The van der Waals surface area contributed by atoms with Crippen LogP contribution in [-0.4, -0.2) is 123 Å². The molecule has 1 amide bonds. The molecule has 0 fully saturated rings. The number of anilines is 3. The van der Waals surface area contributed by atoms with Crippen molar-refractivity contribution in [3.63, 3.8) is 0 Å². The van der Waals surface area contributed by atoms with Gasteiger partial charge in [-0.15, -0.1) is 0 Å². The van der Waals surface area contributed by atoms with Gasteiger partial charge in [0, 0.05) is 24.7 Å². The number of fused-ring (bicyclic) bond motifs is 1. The first-order valence-electron chi connectivity index (χ1n) is 13.1. The number of aliphatic hydroxyl groups excluding tert-OH is 4. The van der Waals surface area contributed by atoms with Crippen molar-refractivity contribution in [2.45, 2.75) is 49.8 Å². The summed E-state index contributed by atoms with van der Waals surface area (Å²) in [5.41, 5.74) is 13.7. The average Bonchev–Trinajstić information content (AvgIpc) is 3.01. The SMILES string of the molecule is CN(Cc1cnc2nc(N)nc(N)c2n1)c1ccc(C(=O)N[C@@H](CCC(=O)O)C(=O)O)cc1.O=C[C@H](O)[C@@H](O)[C@H](O)[C@H](O)C(=O)O. The highest BCUT2D eigenvalue weighted by molar-refractivity contribution is 5.97. The Kier molecular flexibility index (Phi) is 13.1. The molecule has 2 heterocycles. The van der Waals surface area contributed by atoms with Crippen LogP contribution in [-0.2, 0) is 25.7 Å². The molecule has 5 atom stereocenters. The molecule has 0 unspecified atom stereocenters. The van der Waals surface area contributed by atoms with Gasteiger partial charge in [0.05, 0.1) is 18.4 Å². The topological polar surface area (TPSA) is 346 Å². The lowest BCUT2D eigenvalue weighted by atomic mass is 10.0. The highest BCUT2D eigenvalue weighted by Crippen LogP contribution is 2.19. The molecule has 3 rings (SSSR count). The minimum Gasteiger partial charge on any atom is -0.481 e. The number of hydrogen-bond acceptors (Lipinski definition) is 16. The molecule has 20 nitrogen and oxygen atoms in total. The second-order valence-electron chi connectivity index (χ2n) is 9.59. The van der Waals surface area contributed by atoms with Crippen molar-refractivity contribution >= 4 is 58.7 Å². The minimum atomic E-state index is -2.25. The number of aromatic nitrogens is 4. The highest BCUT2D eigenvalue weighted by atomic mass is 16.4. The Labute approximate surface area is 259 Å². The maximum absolute atomic E-state index is 12.4. The molecular weight excluding hydrogens is 616 g/mol. The number of nitrogen functional groups attached to an aromatic ring is 2. The van der Waals surface area contributed by atoms with Gasteiger partial charge in [-0.05, 0) is 30.7 Å². The van der Waals surface area contributed by atoms with E-state index in [9.17, 15) is 29.1 Å². The quantitative estimate of drug-likeness (QED) is 0.0777. The Morgan fingerprint density at radius 2 is 1.57 bits per heavy atom. The van der Waals surface area contributed by atoms with Crippen LogP contribution in [0.25, 0.3) is 11.2 Å². The predicted molar refractivity (Wildman–Crippen MR) is 156 cm³/mol. The molecule has 0 spiro atoms. The fourth-order valence-corrected chi connectivity index (χ4v) is 3.64. The van der Waals surface area contributed by atoms with E-state index in [1.54, 1.807) is 18.3 Å². The number of carboxylic acids is 3. The third-order valence-corrected chi connectivity index (χ3v) is 6.14. The Morgan fingerprint density at radius 3 is 2.11 bits per heavy atom. The Bertz CT molecular complexity index is 1560. The fourth-order valence-electron chi connectivity index (χ4n) is 3.64. The van der Waals surface area contributed by atoms with E-state index >= 15 is 0 Å². The normalized spacial score (nSPS) is 14.0.